The van der Waals surface area contributed by atoms with Crippen LogP contribution in [0.4, 0.5) is 11.4 Å². The van der Waals surface area contributed by atoms with Crippen molar-refractivity contribution in [3.8, 4) is 0 Å². The van der Waals surface area contributed by atoms with Gasteiger partial charge in [0.2, 0.25) is 10.0 Å². The number of sulfonamides is 1. The average Bonchev–Trinajstić information content (AvgIpc) is 2.68. The number of aryl methyl sites for hydroxylation is 1. The molecule has 0 bridgehead atoms. The van der Waals surface area contributed by atoms with Gasteiger partial charge in [-0.25, -0.2) is 8.42 Å². The predicted molar refractivity (Wildman–Crippen MR) is 117 cm³/mol. The molecule has 0 saturated carbocycles. The van der Waals surface area contributed by atoms with Crippen molar-refractivity contribution in [1.82, 2.24) is 4.98 Å². The Morgan fingerprint density at radius 2 is 1.83 bits per heavy atom. The van der Waals surface area contributed by atoms with Crippen LogP contribution in [0.5, 0.6) is 0 Å². The van der Waals surface area contributed by atoms with Gasteiger partial charge in [-0.1, -0.05) is 30.3 Å². The van der Waals surface area contributed by atoms with Crippen molar-refractivity contribution in [2.75, 3.05) is 16.3 Å². The summed E-state index contributed by atoms with van der Waals surface area (Å²) >= 11 is 0. The first-order chi connectivity index (χ1) is 13.8. The third kappa shape index (κ3) is 6.02. The molecule has 7 heteroatoms. The number of nitrogens with zero attached hydrogens (tertiary/aromatic N) is 1. The van der Waals surface area contributed by atoms with Crippen LogP contribution in [-0.4, -0.2) is 25.6 Å². The van der Waals surface area contributed by atoms with E-state index in [2.05, 4.69) is 15.0 Å². The van der Waals surface area contributed by atoms with Crippen LogP contribution in [0.25, 0.3) is 12.2 Å². The van der Waals surface area contributed by atoms with Gasteiger partial charge in [0.25, 0.3) is 5.91 Å². The molecule has 0 aliphatic carbocycles. The summed E-state index contributed by atoms with van der Waals surface area (Å²) in [6, 6.07) is 18.0. The van der Waals surface area contributed by atoms with E-state index in [0.717, 1.165) is 23.1 Å². The molecule has 148 valence electrons. The summed E-state index contributed by atoms with van der Waals surface area (Å²) in [7, 11) is -3.43. The number of carbonyl (C=O) groups is 1. The smallest absolute Gasteiger partial charge is 0.255 e. The fraction of sp³-hybridized carbons (Fsp3) is 0.0909. The van der Waals surface area contributed by atoms with Crippen molar-refractivity contribution in [3.63, 3.8) is 0 Å². The third-order valence-electron chi connectivity index (χ3n) is 4.07. The van der Waals surface area contributed by atoms with E-state index >= 15 is 0 Å². The van der Waals surface area contributed by atoms with E-state index in [9.17, 15) is 13.2 Å². The SMILES string of the molecule is Cc1ccc(C(=O)Nc2cccc(/C=C/c3ccccn3)c2)cc1NS(C)(=O)=O. The molecule has 0 aliphatic heterocycles. The molecule has 0 spiro atoms. The molecule has 0 aliphatic rings. The molecule has 0 unspecified atom stereocenters. The second-order valence-electron chi connectivity index (χ2n) is 6.57. The number of carbonyl (C=O) groups excluding carboxylic acids is 1. The van der Waals surface area contributed by atoms with Crippen LogP contribution in [0.15, 0.2) is 66.9 Å². The Kier molecular flexibility index (Phi) is 6.09. The lowest BCUT2D eigenvalue weighted by Gasteiger charge is -2.11. The highest BCUT2D eigenvalue weighted by molar-refractivity contribution is 7.92. The molecule has 1 heterocycles. The Labute approximate surface area is 170 Å². The van der Waals surface area contributed by atoms with Gasteiger partial charge in [0.05, 0.1) is 17.6 Å². The van der Waals surface area contributed by atoms with Gasteiger partial charge in [0.15, 0.2) is 0 Å². The molecule has 2 aromatic carbocycles. The van der Waals surface area contributed by atoms with E-state index in [1.54, 1.807) is 31.3 Å². The van der Waals surface area contributed by atoms with E-state index in [0.29, 0.717) is 16.9 Å². The molecule has 2 N–H and O–H groups in total. The van der Waals surface area contributed by atoms with Gasteiger partial charge < -0.3 is 5.32 Å². The Bertz CT molecular complexity index is 1160. The van der Waals surface area contributed by atoms with Crippen LogP contribution in [0.1, 0.15) is 27.2 Å². The highest BCUT2D eigenvalue weighted by Crippen LogP contribution is 2.20. The average molecular weight is 407 g/mol. The van der Waals surface area contributed by atoms with Gasteiger partial charge >= 0.3 is 0 Å². The molecule has 6 nitrogen and oxygen atoms in total. The largest absolute Gasteiger partial charge is 0.322 e. The van der Waals surface area contributed by atoms with Crippen molar-refractivity contribution >= 4 is 39.5 Å². The van der Waals surface area contributed by atoms with Crippen molar-refractivity contribution in [2.45, 2.75) is 6.92 Å². The summed E-state index contributed by atoms with van der Waals surface area (Å²) in [5, 5.41) is 2.84. The molecule has 1 aromatic heterocycles. The number of aromatic nitrogens is 1. The highest BCUT2D eigenvalue weighted by Gasteiger charge is 2.11. The molecule has 3 aromatic rings. The number of pyridine rings is 1. The molecule has 1 amide bonds. The van der Waals surface area contributed by atoms with Crippen LogP contribution in [0, 0.1) is 6.92 Å². The fourth-order valence-corrected chi connectivity index (χ4v) is 3.27. The lowest BCUT2D eigenvalue weighted by atomic mass is 10.1. The summed E-state index contributed by atoms with van der Waals surface area (Å²) in [5.74, 6) is -0.326. The third-order valence-corrected chi connectivity index (χ3v) is 4.66. The maximum atomic E-state index is 12.6. The maximum Gasteiger partial charge on any atom is 0.255 e. The van der Waals surface area contributed by atoms with Crippen molar-refractivity contribution in [1.29, 1.82) is 0 Å². The molecule has 0 atom stereocenters. The Hall–Kier alpha value is -3.45. The van der Waals surface area contributed by atoms with Gasteiger partial charge in [-0.2, -0.15) is 0 Å². The number of benzene rings is 2. The van der Waals surface area contributed by atoms with Crippen molar-refractivity contribution in [2.24, 2.45) is 0 Å². The minimum Gasteiger partial charge on any atom is -0.322 e. The number of anilines is 2. The van der Waals surface area contributed by atoms with Gasteiger partial charge in [0.1, 0.15) is 0 Å². The Balaban J connectivity index is 1.76. The molecule has 3 rings (SSSR count). The topological polar surface area (TPSA) is 88.2 Å². The lowest BCUT2D eigenvalue weighted by molar-refractivity contribution is 0.102. The van der Waals surface area contributed by atoms with E-state index in [1.807, 2.05) is 48.6 Å². The number of hydrogen-bond donors (Lipinski definition) is 2. The minimum absolute atomic E-state index is 0.326. The van der Waals surface area contributed by atoms with Crippen LogP contribution in [0.2, 0.25) is 0 Å². The number of hydrogen-bond acceptors (Lipinski definition) is 4. The monoisotopic (exact) mass is 407 g/mol. The first-order valence-electron chi connectivity index (χ1n) is 8.89. The van der Waals surface area contributed by atoms with E-state index in [4.69, 9.17) is 0 Å². The summed E-state index contributed by atoms with van der Waals surface area (Å²) in [6.07, 6.45) is 6.61. The molecule has 0 saturated heterocycles. The molecule has 0 fully saturated rings. The summed E-state index contributed by atoms with van der Waals surface area (Å²) in [4.78, 5) is 16.9. The first-order valence-corrected chi connectivity index (χ1v) is 10.8. The van der Waals surface area contributed by atoms with Gasteiger partial charge in [-0.05, 0) is 60.5 Å². The molecular weight excluding hydrogens is 386 g/mol. The number of nitrogens with one attached hydrogen (secondary N) is 2. The summed E-state index contributed by atoms with van der Waals surface area (Å²) < 4.78 is 25.4. The van der Waals surface area contributed by atoms with E-state index < -0.39 is 10.0 Å². The molecule has 29 heavy (non-hydrogen) atoms. The van der Waals surface area contributed by atoms with E-state index in [-0.39, 0.29) is 5.91 Å². The zero-order valence-corrected chi connectivity index (χ0v) is 16.9. The van der Waals surface area contributed by atoms with Crippen LogP contribution >= 0.6 is 0 Å². The summed E-state index contributed by atoms with van der Waals surface area (Å²) in [6.45, 7) is 1.77. The lowest BCUT2D eigenvalue weighted by Crippen LogP contribution is -2.14. The number of amides is 1. The second-order valence-corrected chi connectivity index (χ2v) is 8.32. The van der Waals surface area contributed by atoms with Crippen LogP contribution < -0.4 is 10.0 Å². The van der Waals surface area contributed by atoms with Crippen LogP contribution in [-0.2, 0) is 10.0 Å². The molecular formula is C22H21N3O3S. The quantitative estimate of drug-likeness (QED) is 0.641. The first kappa shape index (κ1) is 20.3. The zero-order valence-electron chi connectivity index (χ0n) is 16.1. The number of rotatable bonds is 6. The van der Waals surface area contributed by atoms with E-state index in [1.165, 1.54) is 6.07 Å². The minimum atomic E-state index is -3.43. The van der Waals surface area contributed by atoms with Gasteiger partial charge in [0, 0.05) is 17.4 Å². The predicted octanol–water partition coefficient (Wildman–Crippen LogP) is 4.18. The van der Waals surface area contributed by atoms with Gasteiger partial charge in [-0.15, -0.1) is 0 Å². The van der Waals surface area contributed by atoms with Gasteiger partial charge in [-0.3, -0.25) is 14.5 Å². The van der Waals surface area contributed by atoms with Crippen molar-refractivity contribution in [3.05, 3.63) is 89.2 Å². The normalized spacial score (nSPS) is 11.4. The van der Waals surface area contributed by atoms with Crippen LogP contribution in [0.3, 0.4) is 0 Å². The molecule has 0 radical (unpaired) electrons. The maximum absolute atomic E-state index is 12.6. The summed E-state index contributed by atoms with van der Waals surface area (Å²) in [5.41, 5.74) is 3.86. The second kappa shape index (κ2) is 8.70. The Morgan fingerprint density at radius 3 is 2.55 bits per heavy atom. The van der Waals surface area contributed by atoms with Crippen molar-refractivity contribution < 1.29 is 13.2 Å². The zero-order chi connectivity index (χ0) is 20.9. The Morgan fingerprint density at radius 1 is 1.00 bits per heavy atom. The standard InChI is InChI=1S/C22H21N3O3S/c1-16-9-11-18(15-21(16)25-29(2,27)28)22(26)24-20-8-5-6-17(14-20)10-12-19-7-3-4-13-23-19/h3-15,25H,1-2H3,(H,24,26)/b12-10+. The highest BCUT2D eigenvalue weighted by atomic mass is 32.2. The fourth-order valence-electron chi connectivity index (χ4n) is 2.65.